The quantitative estimate of drug-likeness (QED) is 0.692. The third-order valence-electron chi connectivity index (χ3n) is 4.08. The predicted molar refractivity (Wildman–Crippen MR) is 75.5 cm³/mol. The number of rotatable bonds is 6. The Bertz CT molecular complexity index is 368. The van der Waals surface area contributed by atoms with E-state index in [1.807, 2.05) is 27.7 Å². The van der Waals surface area contributed by atoms with E-state index < -0.39 is 18.0 Å². The van der Waals surface area contributed by atoms with E-state index in [1.54, 1.807) is 7.11 Å². The van der Waals surface area contributed by atoms with Gasteiger partial charge in [-0.25, -0.2) is 9.59 Å². The molecule has 0 radical (unpaired) electrons. The highest BCUT2D eigenvalue weighted by atomic mass is 16.5. The summed E-state index contributed by atoms with van der Waals surface area (Å²) in [5, 5.41) is 14.5. The van der Waals surface area contributed by atoms with Crippen LogP contribution in [0.4, 0.5) is 4.79 Å². The van der Waals surface area contributed by atoms with E-state index in [9.17, 15) is 9.59 Å². The molecular weight excluding hydrogens is 260 g/mol. The number of carboxylic acid groups (broad SMARTS) is 1. The van der Waals surface area contributed by atoms with Crippen LogP contribution in [0.1, 0.15) is 40.5 Å². The van der Waals surface area contributed by atoms with Crippen LogP contribution in [0.3, 0.4) is 0 Å². The van der Waals surface area contributed by atoms with Crippen LogP contribution in [0.15, 0.2) is 0 Å². The summed E-state index contributed by atoms with van der Waals surface area (Å²) in [6.45, 7) is 7.90. The molecule has 0 aromatic rings. The number of aliphatic carboxylic acids is 1. The lowest BCUT2D eigenvalue weighted by Gasteiger charge is -2.51. The minimum atomic E-state index is -1.00. The summed E-state index contributed by atoms with van der Waals surface area (Å²) in [4.78, 5) is 23.0. The fourth-order valence-corrected chi connectivity index (χ4v) is 2.58. The summed E-state index contributed by atoms with van der Waals surface area (Å²) < 4.78 is 5.32. The minimum Gasteiger partial charge on any atom is -0.480 e. The molecular formula is C14H26N2O4. The number of hydrogen-bond donors (Lipinski definition) is 3. The summed E-state index contributed by atoms with van der Waals surface area (Å²) in [6.07, 6.45) is 1.29. The van der Waals surface area contributed by atoms with Crippen molar-refractivity contribution in [2.24, 2.45) is 11.3 Å². The molecule has 6 heteroatoms. The van der Waals surface area contributed by atoms with E-state index >= 15 is 0 Å². The van der Waals surface area contributed by atoms with Crippen molar-refractivity contribution in [3.05, 3.63) is 0 Å². The Morgan fingerprint density at radius 1 is 1.40 bits per heavy atom. The average Bonchev–Trinajstić information content (AvgIpc) is 2.32. The van der Waals surface area contributed by atoms with Crippen molar-refractivity contribution in [2.75, 3.05) is 7.11 Å². The van der Waals surface area contributed by atoms with Crippen LogP contribution in [-0.4, -0.2) is 42.4 Å². The van der Waals surface area contributed by atoms with Crippen molar-refractivity contribution in [3.8, 4) is 0 Å². The summed E-state index contributed by atoms with van der Waals surface area (Å²) in [7, 11) is 1.66. The highest BCUT2D eigenvalue weighted by Gasteiger charge is 2.49. The fourth-order valence-electron chi connectivity index (χ4n) is 2.58. The highest BCUT2D eigenvalue weighted by Crippen LogP contribution is 2.42. The van der Waals surface area contributed by atoms with Gasteiger partial charge in [-0.1, -0.05) is 27.7 Å². The van der Waals surface area contributed by atoms with Crippen LogP contribution in [0.25, 0.3) is 0 Å². The first-order valence-electron chi connectivity index (χ1n) is 7.01. The molecule has 3 unspecified atom stereocenters. The Hall–Kier alpha value is -1.30. The molecule has 3 N–H and O–H groups in total. The Balaban J connectivity index is 2.49. The number of carbonyl (C=O) groups excluding carboxylic acids is 1. The molecule has 0 bridgehead atoms. The lowest BCUT2D eigenvalue weighted by Crippen LogP contribution is -2.63. The zero-order valence-corrected chi connectivity index (χ0v) is 12.9. The van der Waals surface area contributed by atoms with Gasteiger partial charge < -0.3 is 20.5 Å². The maximum absolute atomic E-state index is 11.9. The standard InChI is InChI=1S/C14H26N2O4/c1-8(2)6-9(12(17)18)15-13(19)16-10-7-11(20-5)14(10,3)4/h8-11H,6-7H2,1-5H3,(H,17,18)(H2,15,16,19). The van der Waals surface area contributed by atoms with Gasteiger partial charge in [-0.05, 0) is 18.8 Å². The maximum atomic E-state index is 11.9. The van der Waals surface area contributed by atoms with Crippen molar-refractivity contribution in [3.63, 3.8) is 0 Å². The van der Waals surface area contributed by atoms with E-state index in [4.69, 9.17) is 9.84 Å². The van der Waals surface area contributed by atoms with Gasteiger partial charge in [0.2, 0.25) is 0 Å². The number of carboxylic acids is 1. The SMILES string of the molecule is COC1CC(NC(=O)NC(CC(C)C)C(=O)O)C1(C)C. The molecule has 2 amide bonds. The highest BCUT2D eigenvalue weighted by molar-refractivity contribution is 5.82. The van der Waals surface area contributed by atoms with Crippen molar-refractivity contribution >= 4 is 12.0 Å². The van der Waals surface area contributed by atoms with E-state index in [0.717, 1.165) is 6.42 Å². The molecule has 3 atom stereocenters. The maximum Gasteiger partial charge on any atom is 0.326 e. The third-order valence-corrected chi connectivity index (χ3v) is 4.08. The summed E-state index contributed by atoms with van der Waals surface area (Å²) in [5.74, 6) is -0.800. The molecule has 1 rings (SSSR count). The summed E-state index contributed by atoms with van der Waals surface area (Å²) >= 11 is 0. The van der Waals surface area contributed by atoms with E-state index in [1.165, 1.54) is 0 Å². The van der Waals surface area contributed by atoms with E-state index in [2.05, 4.69) is 10.6 Å². The van der Waals surface area contributed by atoms with Crippen LogP contribution in [0.5, 0.6) is 0 Å². The number of methoxy groups -OCH3 is 1. The van der Waals surface area contributed by atoms with Gasteiger partial charge in [0.1, 0.15) is 6.04 Å². The summed E-state index contributed by atoms with van der Waals surface area (Å²) in [5.41, 5.74) is -0.136. The van der Waals surface area contributed by atoms with Gasteiger partial charge in [0.25, 0.3) is 0 Å². The van der Waals surface area contributed by atoms with Crippen LogP contribution < -0.4 is 10.6 Å². The molecule has 1 saturated carbocycles. The van der Waals surface area contributed by atoms with Gasteiger partial charge in [0, 0.05) is 18.6 Å². The second-order valence-corrected chi connectivity index (χ2v) is 6.47. The van der Waals surface area contributed by atoms with Crippen molar-refractivity contribution in [2.45, 2.75) is 58.7 Å². The number of urea groups is 1. The lowest BCUT2D eigenvalue weighted by molar-refractivity contribution is -0.139. The molecule has 1 aliphatic rings. The Kier molecular flexibility index (Phi) is 5.39. The Morgan fingerprint density at radius 2 is 2.00 bits per heavy atom. The monoisotopic (exact) mass is 286 g/mol. The number of nitrogens with one attached hydrogen (secondary N) is 2. The van der Waals surface area contributed by atoms with Crippen molar-refractivity contribution in [1.29, 1.82) is 0 Å². The topological polar surface area (TPSA) is 87.7 Å². The molecule has 116 valence electrons. The second-order valence-electron chi connectivity index (χ2n) is 6.47. The Morgan fingerprint density at radius 3 is 2.40 bits per heavy atom. The van der Waals surface area contributed by atoms with Gasteiger partial charge in [-0.2, -0.15) is 0 Å². The first kappa shape index (κ1) is 16.8. The fraction of sp³-hybridized carbons (Fsp3) is 0.857. The number of hydrogen-bond acceptors (Lipinski definition) is 3. The molecule has 20 heavy (non-hydrogen) atoms. The molecule has 0 aliphatic heterocycles. The third kappa shape index (κ3) is 3.85. The van der Waals surface area contributed by atoms with Crippen molar-refractivity contribution in [1.82, 2.24) is 10.6 Å². The molecule has 0 heterocycles. The molecule has 1 aliphatic carbocycles. The summed E-state index contributed by atoms with van der Waals surface area (Å²) in [6, 6.07) is -1.27. The van der Waals surface area contributed by atoms with E-state index in [-0.39, 0.29) is 23.5 Å². The van der Waals surface area contributed by atoms with Crippen LogP contribution in [-0.2, 0) is 9.53 Å². The Labute approximate surface area is 120 Å². The molecule has 1 fully saturated rings. The van der Waals surface area contributed by atoms with Gasteiger partial charge in [0.15, 0.2) is 0 Å². The smallest absolute Gasteiger partial charge is 0.326 e. The first-order chi connectivity index (χ1) is 9.18. The zero-order chi connectivity index (χ0) is 15.5. The average molecular weight is 286 g/mol. The lowest BCUT2D eigenvalue weighted by atomic mass is 9.64. The molecule has 0 aromatic heterocycles. The van der Waals surface area contributed by atoms with Gasteiger partial charge >= 0.3 is 12.0 Å². The molecule has 6 nitrogen and oxygen atoms in total. The molecule has 0 aromatic carbocycles. The van der Waals surface area contributed by atoms with E-state index in [0.29, 0.717) is 6.42 Å². The van der Waals surface area contributed by atoms with Gasteiger partial charge in [0.05, 0.1) is 6.10 Å². The predicted octanol–water partition coefficient (Wildman–Crippen LogP) is 1.60. The molecule has 0 spiro atoms. The minimum absolute atomic E-state index is 0.000875. The molecule has 0 saturated heterocycles. The largest absolute Gasteiger partial charge is 0.480 e. The van der Waals surface area contributed by atoms with Crippen LogP contribution in [0.2, 0.25) is 0 Å². The van der Waals surface area contributed by atoms with Crippen molar-refractivity contribution < 1.29 is 19.4 Å². The van der Waals surface area contributed by atoms with Gasteiger partial charge in [-0.15, -0.1) is 0 Å². The van der Waals surface area contributed by atoms with Gasteiger partial charge in [-0.3, -0.25) is 0 Å². The number of carbonyl (C=O) groups is 2. The first-order valence-corrected chi connectivity index (χ1v) is 7.01. The second kappa shape index (κ2) is 6.43. The van der Waals surface area contributed by atoms with Crippen LogP contribution in [0, 0.1) is 11.3 Å². The number of ether oxygens (including phenoxy) is 1. The van der Waals surface area contributed by atoms with Crippen LogP contribution >= 0.6 is 0 Å². The number of amides is 2. The normalized spacial score (nSPS) is 25.7. The zero-order valence-electron chi connectivity index (χ0n) is 12.9.